The van der Waals surface area contributed by atoms with Crippen LogP contribution in [-0.4, -0.2) is 0 Å². The van der Waals surface area contributed by atoms with Crippen molar-refractivity contribution in [2.24, 2.45) is 0 Å². The van der Waals surface area contributed by atoms with Crippen molar-refractivity contribution in [2.75, 3.05) is 0 Å². The minimum absolute atomic E-state index is 0.00108. The molecule has 0 aliphatic rings. The largest absolute Gasteiger partial charge is 0.455 e. The van der Waals surface area contributed by atoms with Crippen molar-refractivity contribution in [1.29, 1.82) is 0 Å². The van der Waals surface area contributed by atoms with Crippen LogP contribution in [0.3, 0.4) is 0 Å². The monoisotopic (exact) mass is 568 g/mol. The Kier molecular flexibility index (Phi) is 2.39. The molecule has 0 atom stereocenters. The van der Waals surface area contributed by atoms with E-state index in [1.807, 2.05) is 0 Å². The first-order valence-corrected chi connectivity index (χ1v) is 13.0. The summed E-state index contributed by atoms with van der Waals surface area (Å²) in [5.74, 6) is 0. The van der Waals surface area contributed by atoms with Gasteiger partial charge in [-0.05, 0) is 60.6 Å². The van der Waals surface area contributed by atoms with Crippen LogP contribution in [0.1, 0.15) is 30.2 Å². The third kappa shape index (κ3) is 3.58. The topological polar surface area (TPSA) is 13.1 Å². The van der Waals surface area contributed by atoms with E-state index in [9.17, 15) is 11.0 Å². The maximum absolute atomic E-state index is 9.68. The molecule has 1 heterocycles. The zero-order valence-electron chi connectivity index (χ0n) is 43.7. The molecule has 9 aromatic rings. The summed E-state index contributed by atoms with van der Waals surface area (Å²) < 4.78 is 204. The third-order valence-electron chi connectivity index (χ3n) is 7.32. The van der Waals surface area contributed by atoms with Crippen molar-refractivity contribution in [3.63, 3.8) is 0 Å². The van der Waals surface area contributed by atoms with E-state index in [2.05, 4.69) is 0 Å². The van der Waals surface area contributed by atoms with Gasteiger partial charge in [0.25, 0.3) is 0 Å². The van der Waals surface area contributed by atoms with Gasteiger partial charge in [0, 0.05) is 21.9 Å². The molecule has 0 saturated carbocycles. The quantitative estimate of drug-likeness (QED) is 0.193. The van der Waals surface area contributed by atoms with Crippen molar-refractivity contribution in [2.45, 2.75) is 0 Å². The van der Waals surface area contributed by atoms with Gasteiger partial charge in [0.15, 0.2) is 0 Å². The molecule has 8 aromatic carbocycles. The van der Waals surface area contributed by atoms with Crippen LogP contribution >= 0.6 is 0 Å². The van der Waals surface area contributed by atoms with Crippen LogP contribution < -0.4 is 0 Å². The Hall–Kier alpha value is -5.66. The average Bonchev–Trinajstić information content (AvgIpc) is 3.68. The number of para-hydroxylation sites is 2. The second-order valence-electron chi connectivity index (χ2n) is 9.55. The first-order chi connectivity index (χ1) is 30.5. The summed E-state index contributed by atoms with van der Waals surface area (Å²) in [7, 11) is 0. The van der Waals surface area contributed by atoms with Crippen LogP contribution in [-0.2, 0) is 0 Å². The van der Waals surface area contributed by atoms with E-state index in [0.29, 0.717) is 5.39 Å². The highest BCUT2D eigenvalue weighted by Crippen LogP contribution is 2.48. The molecule has 9 rings (SSSR count). The molecule has 0 N–H and O–H groups in total. The highest BCUT2D eigenvalue weighted by atomic mass is 16.3. The lowest BCUT2D eigenvalue weighted by Crippen LogP contribution is -1.92. The number of benzene rings is 8. The number of fused-ring (bicyclic) bond motifs is 6. The number of rotatable bonds is 3. The first kappa shape index (κ1) is 10.9. The lowest BCUT2D eigenvalue weighted by Gasteiger charge is -2.19. The van der Waals surface area contributed by atoms with E-state index in [4.69, 9.17) is 23.6 Å². The van der Waals surface area contributed by atoms with Crippen LogP contribution in [0.2, 0.25) is 0 Å². The fourth-order valence-electron chi connectivity index (χ4n) is 5.55. The molecule has 43 heavy (non-hydrogen) atoms. The van der Waals surface area contributed by atoms with E-state index in [0.717, 1.165) is 0 Å². The molecule has 0 aliphatic heterocycles. The third-order valence-corrected chi connectivity index (χ3v) is 7.32. The summed E-state index contributed by atoms with van der Waals surface area (Å²) in [5, 5.41) is -3.31. The number of hydrogen-bond donors (Lipinski definition) is 0. The summed E-state index contributed by atoms with van der Waals surface area (Å²) >= 11 is 0. The second-order valence-corrected chi connectivity index (χ2v) is 9.55. The predicted molar refractivity (Wildman–Crippen MR) is 183 cm³/mol. The predicted octanol–water partition coefficient (Wildman–Crippen LogP) is 12.0. The smallest absolute Gasteiger partial charge is 0.143 e. The summed E-state index contributed by atoms with van der Waals surface area (Å²) in [6.45, 7) is 0. The van der Waals surface area contributed by atoms with Gasteiger partial charge in [-0.25, -0.2) is 0 Å². The molecule has 0 saturated heterocycles. The highest BCUT2D eigenvalue weighted by molar-refractivity contribution is 6.26. The molecule has 0 fully saturated rings. The molecule has 1 nitrogen and oxygen atoms in total. The molecule has 200 valence electrons. The van der Waals surface area contributed by atoms with Crippen LogP contribution in [0.25, 0.3) is 87.6 Å². The Morgan fingerprint density at radius 1 is 0.372 bits per heavy atom. The molecule has 0 unspecified atom stereocenters. The van der Waals surface area contributed by atoms with Crippen LogP contribution in [0.5, 0.6) is 0 Å². The van der Waals surface area contributed by atoms with Gasteiger partial charge < -0.3 is 4.42 Å². The second kappa shape index (κ2) is 9.44. The van der Waals surface area contributed by atoms with Crippen molar-refractivity contribution in [3.05, 3.63) is 157 Å². The molecule has 1 heteroatoms. The molecule has 1 aromatic heterocycles. The van der Waals surface area contributed by atoms with Gasteiger partial charge in [0.05, 0.1) is 30.2 Å². The highest BCUT2D eigenvalue weighted by Gasteiger charge is 2.21. The average molecular weight is 569 g/mol. The molecular weight excluding hydrogens is 520 g/mol. The lowest BCUT2D eigenvalue weighted by molar-refractivity contribution is 0.670. The van der Waals surface area contributed by atoms with E-state index in [1.54, 1.807) is 24.3 Å². The number of hydrogen-bond acceptors (Lipinski definition) is 1. The number of furan rings is 1. The Morgan fingerprint density at radius 3 is 1.56 bits per heavy atom. The molecule has 0 amide bonds. The minimum atomic E-state index is -0.993. The fraction of sp³-hybridized carbons (Fsp3) is 0. The van der Waals surface area contributed by atoms with E-state index < -0.39 is 199 Å². The van der Waals surface area contributed by atoms with Gasteiger partial charge in [-0.1, -0.05) is 151 Å². The Morgan fingerprint density at radius 2 is 0.884 bits per heavy atom. The van der Waals surface area contributed by atoms with Crippen molar-refractivity contribution in [3.8, 4) is 33.4 Å². The van der Waals surface area contributed by atoms with Gasteiger partial charge in [0.2, 0.25) is 0 Å². The fourth-order valence-corrected chi connectivity index (χ4v) is 5.55. The van der Waals surface area contributed by atoms with Crippen LogP contribution in [0.4, 0.5) is 0 Å². The maximum atomic E-state index is 9.68. The zero-order chi connectivity index (χ0) is 47.5. The zero-order valence-corrected chi connectivity index (χ0v) is 21.7. The molecule has 0 spiro atoms. The van der Waals surface area contributed by atoms with Crippen molar-refractivity contribution in [1.82, 2.24) is 0 Å². The van der Waals surface area contributed by atoms with Crippen molar-refractivity contribution >= 4 is 54.3 Å². The SMILES string of the molecule is [2H]c1c([2H])c([2H])c(-c2c([2H])c([2H])c(-c3c4c([2H])c([2H])c([2H])c([2H])c4c(-c4c([2H])c([2H])c([2H])c5c4oc4ccccc45)c4c([2H])c([2H])c([2H])c([2H])c34)c3c([2H])c([2H])c([2H])c([2H])c23)c([2H])c1[2H]. The van der Waals surface area contributed by atoms with Crippen LogP contribution in [0, 0.1) is 0 Å². The van der Waals surface area contributed by atoms with Crippen LogP contribution in [0.15, 0.2) is 162 Å². The van der Waals surface area contributed by atoms with Gasteiger partial charge >= 0.3 is 0 Å². The maximum Gasteiger partial charge on any atom is 0.143 e. The van der Waals surface area contributed by atoms with E-state index in [1.165, 1.54) is 0 Å². The lowest BCUT2D eigenvalue weighted by atomic mass is 9.83. The van der Waals surface area contributed by atoms with Gasteiger partial charge in [-0.2, -0.15) is 0 Å². The summed E-state index contributed by atoms with van der Waals surface area (Å²) in [5.41, 5.74) is -3.64. The summed E-state index contributed by atoms with van der Waals surface area (Å²) in [6.07, 6.45) is 0. The Balaban J connectivity index is 1.67. The molecule has 0 radical (unpaired) electrons. The van der Waals surface area contributed by atoms with E-state index >= 15 is 0 Å². The molecule has 0 aliphatic carbocycles. The Labute approximate surface area is 280 Å². The first-order valence-electron chi connectivity index (χ1n) is 24.0. The van der Waals surface area contributed by atoms with Crippen molar-refractivity contribution < 1.29 is 34.6 Å². The normalized spacial score (nSPS) is 18.9. The Bertz CT molecular complexity index is 3630. The van der Waals surface area contributed by atoms with Gasteiger partial charge in [-0.15, -0.1) is 0 Å². The van der Waals surface area contributed by atoms with Gasteiger partial charge in [0.1, 0.15) is 11.2 Å². The standard InChI is InChI=1S/C42H26O/c1-2-13-27(14-3-1)28-25-26-36(30-16-5-4-15-29(28)30)40-32-18-6-8-20-34(32)41(35-21-9-7-19-33(35)40)38-23-12-22-37-31-17-10-11-24-39(31)43-42(37)38/h1-26H/i1D,2D,3D,4D,5D,6D,7D,8D,9D,12D,13D,14D,15D,16D,18D,19D,20D,21D,22D,23D,25D,26D. The molecule has 0 bridgehead atoms. The summed E-state index contributed by atoms with van der Waals surface area (Å²) in [4.78, 5) is 0. The van der Waals surface area contributed by atoms with Gasteiger partial charge in [-0.3, -0.25) is 0 Å². The summed E-state index contributed by atoms with van der Waals surface area (Å²) in [6, 6.07) is -12.5. The van der Waals surface area contributed by atoms with E-state index in [-0.39, 0.29) is 16.6 Å². The molecular formula is C42H26O. The minimum Gasteiger partial charge on any atom is -0.455 e.